The van der Waals surface area contributed by atoms with Crippen molar-refractivity contribution >= 4 is 75.8 Å². The van der Waals surface area contributed by atoms with Crippen LogP contribution in [0.4, 0.5) is 0 Å². The van der Waals surface area contributed by atoms with Gasteiger partial charge in [-0.05, 0) is 188 Å². The highest BCUT2D eigenvalue weighted by atomic mass is 14.3. The molecule has 0 N–H and O–H groups in total. The van der Waals surface area contributed by atoms with Crippen LogP contribution >= 0.6 is 0 Å². The summed E-state index contributed by atoms with van der Waals surface area (Å²) >= 11 is 0. The van der Waals surface area contributed by atoms with E-state index in [-0.39, 0.29) is 21.7 Å². The van der Waals surface area contributed by atoms with Crippen LogP contribution in [0.2, 0.25) is 0 Å². The molecule has 0 amide bonds. The Balaban J connectivity index is 1.07. The summed E-state index contributed by atoms with van der Waals surface area (Å²) in [6.45, 7) is 27.9. The second-order valence-electron chi connectivity index (χ2n) is 25.5. The molecule has 0 spiro atoms. The first-order chi connectivity index (χ1) is 35.2. The Bertz CT molecular complexity index is 3860. The molecule has 0 heterocycles. The molecule has 0 heteroatoms. The van der Waals surface area contributed by atoms with E-state index in [0.717, 1.165) is 0 Å². The van der Waals surface area contributed by atoms with Gasteiger partial charge in [0.1, 0.15) is 0 Å². The predicted molar refractivity (Wildman–Crippen MR) is 324 cm³/mol. The normalized spacial score (nSPS) is 12.9. The van der Waals surface area contributed by atoms with E-state index in [0.29, 0.717) is 0 Å². The summed E-state index contributed by atoms with van der Waals surface area (Å²) in [6, 6.07) is 74.9. The molecule has 0 aliphatic heterocycles. The fourth-order valence-corrected chi connectivity index (χ4v) is 11.8. The van der Waals surface area contributed by atoms with Gasteiger partial charge in [-0.25, -0.2) is 0 Å². The molecule has 0 nitrogen and oxygen atoms in total. The molecule has 12 aromatic carbocycles. The van der Waals surface area contributed by atoms with Gasteiger partial charge in [-0.2, -0.15) is 0 Å². The van der Waals surface area contributed by atoms with Gasteiger partial charge < -0.3 is 0 Å². The van der Waals surface area contributed by atoms with Crippen LogP contribution in [0, 0.1) is 0 Å². The zero-order valence-corrected chi connectivity index (χ0v) is 45.5. The maximum Gasteiger partial charge on any atom is -0.00204 e. The average Bonchev–Trinajstić information content (AvgIpc) is 3.37. The van der Waals surface area contributed by atoms with Crippen molar-refractivity contribution < 1.29 is 0 Å². The molecular weight excluding hydrogens is 889 g/mol. The van der Waals surface area contributed by atoms with Crippen molar-refractivity contribution in [2.75, 3.05) is 0 Å². The van der Waals surface area contributed by atoms with Gasteiger partial charge in [0.05, 0.1) is 0 Å². The van der Waals surface area contributed by atoms with E-state index in [1.807, 2.05) is 0 Å². The van der Waals surface area contributed by atoms with Gasteiger partial charge >= 0.3 is 0 Å². The number of benzene rings is 12. The molecular formula is C74H68. The first-order valence-corrected chi connectivity index (χ1v) is 26.8. The second-order valence-corrected chi connectivity index (χ2v) is 25.5. The van der Waals surface area contributed by atoms with Crippen molar-refractivity contribution in [2.45, 2.75) is 105 Å². The molecule has 0 saturated heterocycles. The van der Waals surface area contributed by atoms with Crippen molar-refractivity contribution in [3.63, 3.8) is 0 Å². The molecule has 74 heavy (non-hydrogen) atoms. The summed E-state index contributed by atoms with van der Waals surface area (Å²) in [7, 11) is 0. The Kier molecular flexibility index (Phi) is 10.9. The summed E-state index contributed by atoms with van der Waals surface area (Å²) in [5.41, 5.74) is 17.6. The summed E-state index contributed by atoms with van der Waals surface area (Å²) in [6.07, 6.45) is 0. The predicted octanol–water partition coefficient (Wildman–Crippen LogP) is 21.0. The maximum absolute atomic E-state index is 2.48. The van der Waals surface area contributed by atoms with Crippen LogP contribution in [0.5, 0.6) is 0 Å². The molecule has 364 valence electrons. The highest BCUT2D eigenvalue weighted by molar-refractivity contribution is 6.28. The van der Waals surface area contributed by atoms with Crippen LogP contribution in [-0.4, -0.2) is 0 Å². The minimum absolute atomic E-state index is 0.00393. The average molecular weight is 957 g/mol. The minimum atomic E-state index is -0.00393. The Hall–Kier alpha value is -7.54. The van der Waals surface area contributed by atoms with Crippen molar-refractivity contribution in [1.82, 2.24) is 0 Å². The fraction of sp³-hybridized carbons (Fsp3) is 0.216. The number of hydrogen-bond donors (Lipinski definition) is 0. The standard InChI is InChI=1S/C74H68/c1-71(2,3)57-35-51-31-33-53-37-59(73(7,8)9)43-63-61(41-55(39-57)67(51)69(53)63)45-23-27-49(28-24-45)66(65(47-19-15-13-16-20-47)48-21-17-14-18-22-48)50-29-25-46(26-30-50)62-42-56-40-58(72(4,5)6)36-52-32-34-54-38-60(74(10,11)12)44-64(62)70(54)68(52)56/h13-44H,1-12H3. The lowest BCUT2D eigenvalue weighted by molar-refractivity contribution is 0.591. The third-order valence-electron chi connectivity index (χ3n) is 16.1. The largest absolute Gasteiger partial charge is 0.0622 e. The molecule has 0 aliphatic carbocycles. The SMILES string of the molecule is CC(C)(C)c1cc2ccc3cc(C(C)(C)C)cc4c(-c5ccc(C(=C(c6ccccc6)c6ccccc6)c6ccc(-c7cc8cc(C(C)(C)C)cc9ccc%10cc(C(C)(C)C)cc7c%10c98)cc6)cc5)cc(c1)c2c34. The van der Waals surface area contributed by atoms with Crippen molar-refractivity contribution in [3.05, 3.63) is 239 Å². The minimum Gasteiger partial charge on any atom is -0.0622 e. The monoisotopic (exact) mass is 957 g/mol. The van der Waals surface area contributed by atoms with Gasteiger partial charge in [-0.15, -0.1) is 0 Å². The van der Waals surface area contributed by atoms with Crippen LogP contribution in [0.3, 0.4) is 0 Å². The zero-order chi connectivity index (χ0) is 51.6. The molecule has 0 aliphatic rings. The lowest BCUT2D eigenvalue weighted by Crippen LogP contribution is -2.12. The van der Waals surface area contributed by atoms with Gasteiger partial charge in [-0.1, -0.05) is 253 Å². The van der Waals surface area contributed by atoms with E-state index in [2.05, 4.69) is 277 Å². The summed E-state index contributed by atoms with van der Waals surface area (Å²) < 4.78 is 0. The second kappa shape index (κ2) is 17.0. The lowest BCUT2D eigenvalue weighted by atomic mass is 9.79. The van der Waals surface area contributed by atoms with Crippen LogP contribution in [0.15, 0.2) is 194 Å². The molecule has 0 atom stereocenters. The van der Waals surface area contributed by atoms with Crippen LogP contribution in [0.1, 0.15) is 128 Å². The van der Waals surface area contributed by atoms with Crippen LogP contribution < -0.4 is 0 Å². The molecule has 0 aromatic heterocycles. The van der Waals surface area contributed by atoms with Gasteiger partial charge in [0.15, 0.2) is 0 Å². The molecule has 0 bridgehead atoms. The van der Waals surface area contributed by atoms with E-state index in [1.54, 1.807) is 0 Å². The molecule has 12 aromatic rings. The number of hydrogen-bond acceptors (Lipinski definition) is 0. The van der Waals surface area contributed by atoms with Gasteiger partial charge in [-0.3, -0.25) is 0 Å². The van der Waals surface area contributed by atoms with Crippen LogP contribution in [0.25, 0.3) is 98.0 Å². The zero-order valence-electron chi connectivity index (χ0n) is 45.5. The fourth-order valence-electron chi connectivity index (χ4n) is 11.8. The third kappa shape index (κ3) is 8.15. The van der Waals surface area contributed by atoms with Crippen molar-refractivity contribution in [1.29, 1.82) is 0 Å². The van der Waals surface area contributed by atoms with E-state index >= 15 is 0 Å². The van der Waals surface area contributed by atoms with E-state index in [9.17, 15) is 0 Å². The van der Waals surface area contributed by atoms with Crippen LogP contribution in [-0.2, 0) is 21.7 Å². The Morgan fingerprint density at radius 1 is 0.243 bits per heavy atom. The molecule has 0 unspecified atom stereocenters. The van der Waals surface area contributed by atoms with E-state index in [1.165, 1.54) is 143 Å². The molecule has 0 radical (unpaired) electrons. The summed E-state index contributed by atoms with van der Waals surface area (Å²) in [4.78, 5) is 0. The molecule has 12 rings (SSSR count). The Morgan fingerprint density at radius 3 is 0.824 bits per heavy atom. The Labute approximate surface area is 439 Å². The smallest absolute Gasteiger partial charge is 0.00204 e. The quantitative estimate of drug-likeness (QED) is 0.115. The highest BCUT2D eigenvalue weighted by Crippen LogP contribution is 2.47. The van der Waals surface area contributed by atoms with Crippen molar-refractivity contribution in [2.24, 2.45) is 0 Å². The lowest BCUT2D eigenvalue weighted by Gasteiger charge is -2.25. The topological polar surface area (TPSA) is 0 Å². The van der Waals surface area contributed by atoms with E-state index in [4.69, 9.17) is 0 Å². The summed E-state index contributed by atoms with van der Waals surface area (Å²) in [5.74, 6) is 0. The highest BCUT2D eigenvalue weighted by Gasteiger charge is 2.25. The van der Waals surface area contributed by atoms with E-state index < -0.39 is 0 Å². The third-order valence-corrected chi connectivity index (χ3v) is 16.1. The first kappa shape index (κ1) is 47.5. The van der Waals surface area contributed by atoms with Gasteiger partial charge in [0, 0.05) is 0 Å². The Morgan fingerprint density at radius 2 is 0.514 bits per heavy atom. The first-order valence-electron chi connectivity index (χ1n) is 26.8. The van der Waals surface area contributed by atoms with Crippen molar-refractivity contribution in [3.8, 4) is 22.3 Å². The summed E-state index contributed by atoms with van der Waals surface area (Å²) in [5, 5.41) is 15.9. The molecule has 0 fully saturated rings. The van der Waals surface area contributed by atoms with Gasteiger partial charge in [0.2, 0.25) is 0 Å². The number of rotatable bonds is 6. The van der Waals surface area contributed by atoms with Gasteiger partial charge in [0.25, 0.3) is 0 Å². The molecule has 0 saturated carbocycles. The maximum atomic E-state index is 2.48.